The standard InChI is InChI=1S/C13H20O3S/c1-5-13(15,12(14)16-6-2)10(4)11-8-7-9(3)17-11/h7-8,10,15H,5-6H2,1-4H3. The van der Waals surface area contributed by atoms with Crippen LogP contribution in [0.4, 0.5) is 0 Å². The van der Waals surface area contributed by atoms with Crippen LogP contribution in [0.15, 0.2) is 12.1 Å². The number of carbonyl (C=O) groups is 1. The van der Waals surface area contributed by atoms with Crippen LogP contribution in [0.1, 0.15) is 42.9 Å². The third kappa shape index (κ3) is 2.87. The van der Waals surface area contributed by atoms with E-state index in [4.69, 9.17) is 4.74 Å². The molecule has 0 bridgehead atoms. The van der Waals surface area contributed by atoms with E-state index < -0.39 is 11.6 Å². The molecular weight excluding hydrogens is 236 g/mol. The van der Waals surface area contributed by atoms with Crippen LogP contribution in [0, 0.1) is 6.92 Å². The van der Waals surface area contributed by atoms with Gasteiger partial charge in [0, 0.05) is 15.7 Å². The maximum absolute atomic E-state index is 11.9. The highest BCUT2D eigenvalue weighted by Crippen LogP contribution is 2.35. The van der Waals surface area contributed by atoms with Crippen molar-refractivity contribution in [3.63, 3.8) is 0 Å². The number of aliphatic hydroxyl groups is 1. The first kappa shape index (κ1) is 14.2. The van der Waals surface area contributed by atoms with Crippen molar-refractivity contribution in [2.24, 2.45) is 0 Å². The molecular formula is C13H20O3S. The van der Waals surface area contributed by atoms with Gasteiger partial charge in [0.15, 0.2) is 5.60 Å². The molecule has 0 aromatic carbocycles. The molecule has 0 spiro atoms. The van der Waals surface area contributed by atoms with Gasteiger partial charge in [-0.15, -0.1) is 11.3 Å². The predicted molar refractivity (Wildman–Crippen MR) is 69.3 cm³/mol. The second-order valence-corrected chi connectivity index (χ2v) is 5.49. The molecule has 4 heteroatoms. The zero-order valence-electron chi connectivity index (χ0n) is 10.8. The summed E-state index contributed by atoms with van der Waals surface area (Å²) >= 11 is 1.61. The maximum Gasteiger partial charge on any atom is 0.338 e. The van der Waals surface area contributed by atoms with Crippen LogP contribution in [0.5, 0.6) is 0 Å². The van der Waals surface area contributed by atoms with E-state index in [0.717, 1.165) is 4.88 Å². The third-order valence-corrected chi connectivity index (χ3v) is 4.26. The van der Waals surface area contributed by atoms with Gasteiger partial charge in [0.1, 0.15) is 0 Å². The molecule has 17 heavy (non-hydrogen) atoms. The van der Waals surface area contributed by atoms with Gasteiger partial charge in [-0.05, 0) is 32.4 Å². The highest BCUT2D eigenvalue weighted by atomic mass is 32.1. The Bertz CT molecular complexity index is 386. The Hall–Kier alpha value is -0.870. The Labute approximate surface area is 106 Å². The highest BCUT2D eigenvalue weighted by molar-refractivity contribution is 7.12. The van der Waals surface area contributed by atoms with Gasteiger partial charge >= 0.3 is 5.97 Å². The third-order valence-electron chi connectivity index (χ3n) is 3.07. The lowest BCUT2D eigenvalue weighted by molar-refractivity contribution is -0.167. The highest BCUT2D eigenvalue weighted by Gasteiger charge is 2.42. The van der Waals surface area contributed by atoms with E-state index in [2.05, 4.69) is 0 Å². The van der Waals surface area contributed by atoms with Gasteiger partial charge in [-0.2, -0.15) is 0 Å². The Morgan fingerprint density at radius 2 is 2.18 bits per heavy atom. The Morgan fingerprint density at radius 3 is 2.59 bits per heavy atom. The van der Waals surface area contributed by atoms with E-state index in [1.54, 1.807) is 25.2 Å². The molecule has 0 aliphatic heterocycles. The molecule has 3 nitrogen and oxygen atoms in total. The average molecular weight is 256 g/mol. The molecule has 0 saturated carbocycles. The average Bonchev–Trinajstić information content (AvgIpc) is 2.74. The van der Waals surface area contributed by atoms with Gasteiger partial charge in [0.2, 0.25) is 0 Å². The van der Waals surface area contributed by atoms with Crippen molar-refractivity contribution in [3.8, 4) is 0 Å². The molecule has 0 radical (unpaired) electrons. The molecule has 2 unspecified atom stereocenters. The Kier molecular flexibility index (Phi) is 4.71. The van der Waals surface area contributed by atoms with Gasteiger partial charge in [-0.1, -0.05) is 13.8 Å². The number of thiophene rings is 1. The summed E-state index contributed by atoms with van der Waals surface area (Å²) in [5.41, 5.74) is -1.42. The fourth-order valence-electron chi connectivity index (χ4n) is 1.80. The smallest absolute Gasteiger partial charge is 0.338 e. The lowest BCUT2D eigenvalue weighted by Gasteiger charge is -2.30. The molecule has 1 rings (SSSR count). The van der Waals surface area contributed by atoms with Crippen molar-refractivity contribution in [1.82, 2.24) is 0 Å². The molecule has 1 aromatic rings. The van der Waals surface area contributed by atoms with E-state index in [1.807, 2.05) is 26.0 Å². The number of hydrogen-bond acceptors (Lipinski definition) is 4. The van der Waals surface area contributed by atoms with E-state index in [1.165, 1.54) is 4.88 Å². The normalized spacial score (nSPS) is 16.3. The maximum atomic E-state index is 11.9. The van der Waals surface area contributed by atoms with Gasteiger partial charge < -0.3 is 9.84 Å². The summed E-state index contributed by atoms with van der Waals surface area (Å²) in [4.78, 5) is 14.0. The zero-order valence-corrected chi connectivity index (χ0v) is 11.6. The van der Waals surface area contributed by atoms with E-state index >= 15 is 0 Å². The summed E-state index contributed by atoms with van der Waals surface area (Å²) < 4.78 is 4.96. The van der Waals surface area contributed by atoms with Crippen LogP contribution in [0.2, 0.25) is 0 Å². The minimum Gasteiger partial charge on any atom is -0.464 e. The van der Waals surface area contributed by atoms with Crippen LogP contribution in [0.25, 0.3) is 0 Å². The van der Waals surface area contributed by atoms with Crippen molar-refractivity contribution >= 4 is 17.3 Å². The minimum absolute atomic E-state index is 0.245. The number of esters is 1. The number of aryl methyl sites for hydroxylation is 1. The fraction of sp³-hybridized carbons (Fsp3) is 0.615. The van der Waals surface area contributed by atoms with Crippen LogP contribution in [0.3, 0.4) is 0 Å². The topological polar surface area (TPSA) is 46.5 Å². The van der Waals surface area contributed by atoms with E-state index in [9.17, 15) is 9.90 Å². The van der Waals surface area contributed by atoms with Crippen LogP contribution in [-0.4, -0.2) is 23.3 Å². The van der Waals surface area contributed by atoms with Gasteiger partial charge in [0.25, 0.3) is 0 Å². The number of rotatable bonds is 5. The summed E-state index contributed by atoms with van der Waals surface area (Å²) in [5, 5.41) is 10.5. The Balaban J connectivity index is 2.96. The molecule has 1 N–H and O–H groups in total. The van der Waals surface area contributed by atoms with Crippen LogP contribution in [-0.2, 0) is 9.53 Å². The van der Waals surface area contributed by atoms with Crippen molar-refractivity contribution in [3.05, 3.63) is 21.9 Å². The van der Waals surface area contributed by atoms with Crippen molar-refractivity contribution in [2.75, 3.05) is 6.61 Å². The molecule has 2 atom stereocenters. The summed E-state index contributed by atoms with van der Waals surface area (Å²) in [6.45, 7) is 7.71. The van der Waals surface area contributed by atoms with Crippen LogP contribution >= 0.6 is 11.3 Å². The minimum atomic E-state index is -1.42. The quantitative estimate of drug-likeness (QED) is 0.824. The van der Waals surface area contributed by atoms with Gasteiger partial charge in [-0.25, -0.2) is 4.79 Å². The molecule has 1 aromatic heterocycles. The molecule has 0 amide bonds. The molecule has 0 aliphatic carbocycles. The predicted octanol–water partition coefficient (Wildman–Crippen LogP) is 2.86. The lowest BCUT2D eigenvalue weighted by Crippen LogP contribution is -2.44. The first-order chi connectivity index (χ1) is 7.95. The van der Waals surface area contributed by atoms with E-state index in [-0.39, 0.29) is 12.5 Å². The van der Waals surface area contributed by atoms with E-state index in [0.29, 0.717) is 6.42 Å². The second kappa shape index (κ2) is 5.65. The summed E-state index contributed by atoms with van der Waals surface area (Å²) in [6, 6.07) is 3.96. The lowest BCUT2D eigenvalue weighted by atomic mass is 9.85. The van der Waals surface area contributed by atoms with Crippen LogP contribution < -0.4 is 0 Å². The number of ether oxygens (including phenoxy) is 1. The first-order valence-corrected chi connectivity index (χ1v) is 6.73. The van der Waals surface area contributed by atoms with Crippen molar-refractivity contribution < 1.29 is 14.6 Å². The summed E-state index contributed by atoms with van der Waals surface area (Å²) in [5.74, 6) is -0.772. The van der Waals surface area contributed by atoms with Gasteiger partial charge in [0.05, 0.1) is 6.61 Å². The van der Waals surface area contributed by atoms with Crippen molar-refractivity contribution in [2.45, 2.75) is 45.6 Å². The largest absolute Gasteiger partial charge is 0.464 e. The molecule has 0 aliphatic rings. The summed E-state index contributed by atoms with van der Waals surface area (Å²) in [6.07, 6.45) is 0.351. The monoisotopic (exact) mass is 256 g/mol. The SMILES string of the molecule is CCOC(=O)C(O)(CC)C(C)c1ccc(C)s1. The Morgan fingerprint density at radius 1 is 1.53 bits per heavy atom. The second-order valence-electron chi connectivity index (χ2n) is 4.17. The zero-order chi connectivity index (χ0) is 13.1. The molecule has 0 saturated heterocycles. The van der Waals surface area contributed by atoms with Crippen molar-refractivity contribution in [1.29, 1.82) is 0 Å². The number of hydrogen-bond donors (Lipinski definition) is 1. The molecule has 1 heterocycles. The molecule has 96 valence electrons. The molecule has 0 fully saturated rings. The first-order valence-electron chi connectivity index (χ1n) is 5.91. The van der Waals surface area contributed by atoms with Gasteiger partial charge in [-0.3, -0.25) is 0 Å². The number of carbonyl (C=O) groups excluding carboxylic acids is 1. The fourth-order valence-corrected chi connectivity index (χ4v) is 2.82. The summed E-state index contributed by atoms with van der Waals surface area (Å²) in [7, 11) is 0.